The molecule has 3 N–H and O–H groups in total. The van der Waals surface area contributed by atoms with Crippen LogP contribution in [0.5, 0.6) is 5.75 Å². The summed E-state index contributed by atoms with van der Waals surface area (Å²) < 4.78 is 5.65. The van der Waals surface area contributed by atoms with Crippen molar-refractivity contribution in [3.63, 3.8) is 0 Å². The molecule has 1 heterocycles. The van der Waals surface area contributed by atoms with Crippen LogP contribution in [0.15, 0.2) is 48.5 Å². The van der Waals surface area contributed by atoms with Gasteiger partial charge < -0.3 is 15.2 Å². The van der Waals surface area contributed by atoms with Crippen molar-refractivity contribution in [3.8, 4) is 28.3 Å². The quantitative estimate of drug-likeness (QED) is 0.549. The monoisotopic (exact) mass is 385 g/mol. The van der Waals surface area contributed by atoms with Crippen LogP contribution < -0.4 is 10.1 Å². The SMILES string of the molecule is CC(C)Oc1ccc(-c2cc(-c3ccc(NCC(=O)O)cc3)[nH]n2)cc1Cl. The predicted molar refractivity (Wildman–Crippen MR) is 106 cm³/mol. The van der Waals surface area contributed by atoms with E-state index in [1.165, 1.54) is 0 Å². The van der Waals surface area contributed by atoms with Gasteiger partial charge in [0.15, 0.2) is 0 Å². The third-order valence-corrected chi connectivity index (χ3v) is 4.10. The van der Waals surface area contributed by atoms with Crippen molar-refractivity contribution in [1.82, 2.24) is 10.2 Å². The summed E-state index contributed by atoms with van der Waals surface area (Å²) >= 11 is 6.30. The van der Waals surface area contributed by atoms with Gasteiger partial charge in [0.1, 0.15) is 12.3 Å². The van der Waals surface area contributed by atoms with Crippen molar-refractivity contribution in [2.24, 2.45) is 0 Å². The number of carbonyl (C=O) groups is 1. The Balaban J connectivity index is 1.76. The number of carboxylic acid groups (broad SMARTS) is 1. The Hall–Kier alpha value is -2.99. The van der Waals surface area contributed by atoms with Crippen LogP contribution in [-0.4, -0.2) is 33.9 Å². The molecule has 3 aromatic rings. The Bertz CT molecular complexity index is 936. The van der Waals surface area contributed by atoms with Crippen molar-refractivity contribution in [2.45, 2.75) is 20.0 Å². The smallest absolute Gasteiger partial charge is 0.322 e. The minimum atomic E-state index is -0.902. The molecule has 27 heavy (non-hydrogen) atoms. The Morgan fingerprint density at radius 2 is 1.89 bits per heavy atom. The van der Waals surface area contributed by atoms with E-state index in [2.05, 4.69) is 15.5 Å². The fourth-order valence-electron chi connectivity index (χ4n) is 2.57. The number of aliphatic carboxylic acids is 1. The molecule has 140 valence electrons. The van der Waals surface area contributed by atoms with Crippen LogP contribution in [0.4, 0.5) is 5.69 Å². The lowest BCUT2D eigenvalue weighted by Crippen LogP contribution is -2.11. The van der Waals surface area contributed by atoms with Gasteiger partial charge in [-0.1, -0.05) is 23.7 Å². The summed E-state index contributed by atoms with van der Waals surface area (Å²) in [5.74, 6) is -0.253. The van der Waals surface area contributed by atoms with E-state index in [9.17, 15) is 4.79 Å². The van der Waals surface area contributed by atoms with E-state index in [0.717, 1.165) is 28.2 Å². The summed E-state index contributed by atoms with van der Waals surface area (Å²) in [7, 11) is 0. The number of aromatic nitrogens is 2. The number of nitrogens with one attached hydrogen (secondary N) is 2. The number of anilines is 1. The number of halogens is 1. The molecule has 0 atom stereocenters. The van der Waals surface area contributed by atoms with Gasteiger partial charge in [0.25, 0.3) is 0 Å². The van der Waals surface area contributed by atoms with E-state index in [0.29, 0.717) is 10.8 Å². The number of ether oxygens (including phenoxy) is 1. The number of aromatic amines is 1. The standard InChI is InChI=1S/C20H20ClN3O3/c1-12(2)27-19-8-5-14(9-16(19)21)18-10-17(23-24-18)13-3-6-15(7-4-13)22-11-20(25)26/h3-10,12,22H,11H2,1-2H3,(H,23,24)(H,25,26). The lowest BCUT2D eigenvalue weighted by atomic mass is 10.1. The molecule has 0 aliphatic rings. The molecule has 1 aromatic heterocycles. The molecule has 7 heteroatoms. The third-order valence-electron chi connectivity index (χ3n) is 3.81. The van der Waals surface area contributed by atoms with Crippen LogP contribution in [0.25, 0.3) is 22.5 Å². The van der Waals surface area contributed by atoms with Gasteiger partial charge in [-0.25, -0.2) is 0 Å². The summed E-state index contributed by atoms with van der Waals surface area (Å²) in [5.41, 5.74) is 4.21. The highest BCUT2D eigenvalue weighted by Gasteiger charge is 2.10. The number of hydrogen-bond acceptors (Lipinski definition) is 4. The van der Waals surface area contributed by atoms with E-state index in [4.69, 9.17) is 21.4 Å². The summed E-state index contributed by atoms with van der Waals surface area (Å²) in [6.45, 7) is 3.78. The van der Waals surface area contributed by atoms with Gasteiger partial charge in [0.05, 0.1) is 22.5 Å². The maximum Gasteiger partial charge on any atom is 0.322 e. The summed E-state index contributed by atoms with van der Waals surface area (Å²) in [4.78, 5) is 10.6. The van der Waals surface area contributed by atoms with Gasteiger partial charge in [-0.3, -0.25) is 9.89 Å². The van der Waals surface area contributed by atoms with Crippen LogP contribution in [-0.2, 0) is 4.79 Å². The second-order valence-corrected chi connectivity index (χ2v) is 6.71. The lowest BCUT2D eigenvalue weighted by Gasteiger charge is -2.11. The number of nitrogens with zero attached hydrogens (tertiary/aromatic N) is 1. The number of hydrogen-bond donors (Lipinski definition) is 3. The molecular formula is C20H20ClN3O3. The molecule has 0 spiro atoms. The van der Waals surface area contributed by atoms with Crippen molar-refractivity contribution < 1.29 is 14.6 Å². The van der Waals surface area contributed by atoms with E-state index < -0.39 is 5.97 Å². The van der Waals surface area contributed by atoms with Gasteiger partial charge in [-0.05, 0) is 55.8 Å². The lowest BCUT2D eigenvalue weighted by molar-refractivity contribution is -0.134. The highest BCUT2D eigenvalue weighted by molar-refractivity contribution is 6.32. The van der Waals surface area contributed by atoms with Gasteiger partial charge in [0.2, 0.25) is 0 Å². The Kier molecular flexibility index (Phi) is 5.66. The Morgan fingerprint density at radius 1 is 1.19 bits per heavy atom. The van der Waals surface area contributed by atoms with Gasteiger partial charge in [-0.2, -0.15) is 5.10 Å². The molecule has 0 aliphatic carbocycles. The Morgan fingerprint density at radius 3 is 2.52 bits per heavy atom. The summed E-state index contributed by atoms with van der Waals surface area (Å²) in [6.07, 6.45) is 0.0540. The highest BCUT2D eigenvalue weighted by Crippen LogP contribution is 2.31. The fourth-order valence-corrected chi connectivity index (χ4v) is 2.80. The van der Waals surface area contributed by atoms with Crippen LogP contribution in [0, 0.1) is 0 Å². The van der Waals surface area contributed by atoms with Crippen LogP contribution in [0.3, 0.4) is 0 Å². The van der Waals surface area contributed by atoms with Crippen molar-refractivity contribution in [2.75, 3.05) is 11.9 Å². The zero-order valence-electron chi connectivity index (χ0n) is 15.0. The first kappa shape index (κ1) is 18.8. The zero-order chi connectivity index (χ0) is 19.4. The van der Waals surface area contributed by atoms with E-state index in [-0.39, 0.29) is 12.6 Å². The summed E-state index contributed by atoms with van der Waals surface area (Å²) in [5, 5.41) is 19.4. The first-order chi connectivity index (χ1) is 12.9. The molecule has 2 aromatic carbocycles. The van der Waals surface area contributed by atoms with Crippen LogP contribution in [0.1, 0.15) is 13.8 Å². The Labute approximate surface area is 162 Å². The van der Waals surface area contributed by atoms with Gasteiger partial charge in [0, 0.05) is 11.3 Å². The molecule has 0 fully saturated rings. The zero-order valence-corrected chi connectivity index (χ0v) is 15.7. The fraction of sp³-hybridized carbons (Fsp3) is 0.200. The van der Waals surface area contributed by atoms with Crippen molar-refractivity contribution >= 4 is 23.3 Å². The third kappa shape index (κ3) is 4.80. The normalized spacial score (nSPS) is 10.8. The topological polar surface area (TPSA) is 87.2 Å². The largest absolute Gasteiger partial charge is 0.489 e. The molecule has 3 rings (SSSR count). The van der Waals surface area contributed by atoms with Crippen molar-refractivity contribution in [1.29, 1.82) is 0 Å². The highest BCUT2D eigenvalue weighted by atomic mass is 35.5. The molecule has 0 saturated carbocycles. The molecular weight excluding hydrogens is 366 g/mol. The average molecular weight is 386 g/mol. The number of H-pyrrole nitrogens is 1. The van der Waals surface area contributed by atoms with E-state index in [1.807, 2.05) is 62.4 Å². The molecule has 0 aliphatic heterocycles. The van der Waals surface area contributed by atoms with Crippen molar-refractivity contribution in [3.05, 3.63) is 53.6 Å². The molecule has 0 saturated heterocycles. The molecule has 0 radical (unpaired) electrons. The number of rotatable bonds is 7. The van der Waals surface area contributed by atoms with E-state index >= 15 is 0 Å². The van der Waals surface area contributed by atoms with Gasteiger partial charge in [-0.15, -0.1) is 0 Å². The molecule has 6 nitrogen and oxygen atoms in total. The van der Waals surface area contributed by atoms with Gasteiger partial charge >= 0.3 is 5.97 Å². The number of carboxylic acids is 1. The maximum absolute atomic E-state index is 10.6. The van der Waals surface area contributed by atoms with Crippen LogP contribution in [0.2, 0.25) is 5.02 Å². The predicted octanol–water partition coefficient (Wildman–Crippen LogP) is 4.68. The second-order valence-electron chi connectivity index (χ2n) is 6.30. The average Bonchev–Trinajstić information content (AvgIpc) is 3.12. The first-order valence-corrected chi connectivity index (χ1v) is 8.88. The molecule has 0 bridgehead atoms. The second kappa shape index (κ2) is 8.14. The maximum atomic E-state index is 10.6. The number of benzene rings is 2. The van der Waals surface area contributed by atoms with E-state index in [1.54, 1.807) is 0 Å². The van der Waals surface area contributed by atoms with Crippen LogP contribution >= 0.6 is 11.6 Å². The molecule has 0 unspecified atom stereocenters. The first-order valence-electron chi connectivity index (χ1n) is 8.50. The molecule has 0 amide bonds. The minimum absolute atomic E-state index is 0.0540. The minimum Gasteiger partial charge on any atom is -0.489 e. The summed E-state index contributed by atoms with van der Waals surface area (Å²) in [6, 6.07) is 15.0.